The summed E-state index contributed by atoms with van der Waals surface area (Å²) >= 11 is 10.3. The molecule has 5 heteroatoms. The molecule has 0 aromatic carbocycles. The first-order valence-electron chi connectivity index (χ1n) is 6.02. The summed E-state index contributed by atoms with van der Waals surface area (Å²) in [5.74, 6) is 0. The molecule has 1 aromatic heterocycles. The molecule has 0 radical (unpaired) electrons. The molecule has 0 spiro atoms. The van der Waals surface area contributed by atoms with Crippen LogP contribution in [0.5, 0.6) is 0 Å². The van der Waals surface area contributed by atoms with Gasteiger partial charge in [-0.05, 0) is 59.4 Å². The highest BCUT2D eigenvalue weighted by molar-refractivity contribution is 9.11. The Morgan fingerprint density at radius 3 is 2.72 bits per heavy atom. The van der Waals surface area contributed by atoms with Crippen LogP contribution in [0.2, 0.25) is 0 Å². The topological polar surface area (TPSA) is 29.3 Å². The Kier molecular flexibility index (Phi) is 6.24. The van der Waals surface area contributed by atoms with Crippen molar-refractivity contribution in [1.82, 2.24) is 4.90 Å². The third-order valence-electron chi connectivity index (χ3n) is 3.08. The Hall–Kier alpha value is 0.0300. The Bertz CT molecular complexity index is 401. The van der Waals surface area contributed by atoms with Gasteiger partial charge in [0.1, 0.15) is 0 Å². The van der Waals surface area contributed by atoms with Crippen molar-refractivity contribution in [2.75, 3.05) is 13.6 Å². The molecule has 1 heterocycles. The maximum atomic E-state index is 5.73. The molecular formula is C13H21BrN2S2. The normalized spacial score (nSPS) is 12.1. The van der Waals surface area contributed by atoms with E-state index >= 15 is 0 Å². The van der Waals surface area contributed by atoms with Crippen molar-refractivity contribution >= 4 is 44.5 Å². The highest BCUT2D eigenvalue weighted by Crippen LogP contribution is 2.24. The minimum Gasteiger partial charge on any atom is -0.393 e. The zero-order chi connectivity index (χ0) is 13.8. The molecule has 0 aliphatic heterocycles. The van der Waals surface area contributed by atoms with Crippen molar-refractivity contribution in [2.24, 2.45) is 11.1 Å². The molecule has 0 fully saturated rings. The largest absolute Gasteiger partial charge is 0.393 e. The Morgan fingerprint density at radius 2 is 2.22 bits per heavy atom. The fourth-order valence-electron chi connectivity index (χ4n) is 1.73. The van der Waals surface area contributed by atoms with Crippen LogP contribution in [0.15, 0.2) is 15.2 Å². The standard InChI is InChI=1S/C13H21BrN2S2/c1-13(2,12(15)17)5-4-6-16(3)8-10-7-11(14)18-9-10/h7,9H,4-6,8H2,1-3H3,(H2,15,17). The maximum absolute atomic E-state index is 5.73. The van der Waals surface area contributed by atoms with Gasteiger partial charge in [0.15, 0.2) is 0 Å². The summed E-state index contributed by atoms with van der Waals surface area (Å²) in [5.41, 5.74) is 7.07. The molecule has 102 valence electrons. The number of hydrogen-bond acceptors (Lipinski definition) is 3. The van der Waals surface area contributed by atoms with Crippen LogP contribution in [0.3, 0.4) is 0 Å². The molecule has 0 atom stereocenters. The molecule has 0 amide bonds. The lowest BCUT2D eigenvalue weighted by Gasteiger charge is -2.24. The monoisotopic (exact) mass is 348 g/mol. The Balaban J connectivity index is 2.29. The average molecular weight is 349 g/mol. The number of hydrogen-bond donors (Lipinski definition) is 1. The van der Waals surface area contributed by atoms with E-state index in [1.807, 2.05) is 0 Å². The third-order valence-corrected chi connectivity index (χ3v) is 5.19. The van der Waals surface area contributed by atoms with Crippen molar-refractivity contribution in [3.63, 3.8) is 0 Å². The zero-order valence-electron chi connectivity index (χ0n) is 11.2. The number of thiophene rings is 1. The molecule has 1 rings (SSSR count). The van der Waals surface area contributed by atoms with Gasteiger partial charge in [0.2, 0.25) is 0 Å². The minimum absolute atomic E-state index is 0.0262. The summed E-state index contributed by atoms with van der Waals surface area (Å²) in [4.78, 5) is 2.95. The number of nitrogens with zero attached hydrogens (tertiary/aromatic N) is 1. The fraction of sp³-hybridized carbons (Fsp3) is 0.615. The number of halogens is 1. The predicted molar refractivity (Wildman–Crippen MR) is 88.2 cm³/mol. The van der Waals surface area contributed by atoms with Crippen molar-refractivity contribution < 1.29 is 0 Å². The second kappa shape index (κ2) is 6.98. The molecule has 2 N–H and O–H groups in total. The van der Waals surface area contributed by atoms with Crippen molar-refractivity contribution in [2.45, 2.75) is 33.2 Å². The van der Waals surface area contributed by atoms with Gasteiger partial charge in [0, 0.05) is 12.0 Å². The third kappa shape index (κ3) is 5.34. The van der Waals surface area contributed by atoms with Crippen LogP contribution in [0.25, 0.3) is 0 Å². The molecule has 0 aliphatic carbocycles. The molecule has 1 aromatic rings. The van der Waals surface area contributed by atoms with Crippen LogP contribution < -0.4 is 5.73 Å². The van der Waals surface area contributed by atoms with E-state index in [1.54, 1.807) is 11.3 Å². The zero-order valence-corrected chi connectivity index (χ0v) is 14.4. The Labute approximate surface area is 128 Å². The molecule has 0 aliphatic rings. The van der Waals surface area contributed by atoms with Crippen molar-refractivity contribution in [1.29, 1.82) is 0 Å². The quantitative estimate of drug-likeness (QED) is 0.754. The SMILES string of the molecule is CN(CCCC(C)(C)C(N)=S)Cc1csc(Br)c1. The van der Waals surface area contributed by atoms with E-state index in [9.17, 15) is 0 Å². The van der Waals surface area contributed by atoms with Crippen LogP contribution in [0.1, 0.15) is 32.3 Å². The van der Waals surface area contributed by atoms with Gasteiger partial charge in [-0.1, -0.05) is 26.1 Å². The smallest absolute Gasteiger partial charge is 0.0784 e. The average Bonchev–Trinajstić information content (AvgIpc) is 2.63. The lowest BCUT2D eigenvalue weighted by Crippen LogP contribution is -2.30. The second-order valence-electron chi connectivity index (χ2n) is 5.35. The van der Waals surface area contributed by atoms with Crippen molar-refractivity contribution in [3.05, 3.63) is 20.8 Å². The van der Waals surface area contributed by atoms with E-state index in [1.165, 1.54) is 9.35 Å². The van der Waals surface area contributed by atoms with Crippen LogP contribution in [0.4, 0.5) is 0 Å². The lowest BCUT2D eigenvalue weighted by atomic mass is 9.88. The lowest BCUT2D eigenvalue weighted by molar-refractivity contribution is 0.301. The first-order valence-corrected chi connectivity index (χ1v) is 8.11. The maximum Gasteiger partial charge on any atom is 0.0784 e. The van der Waals surface area contributed by atoms with Crippen LogP contribution in [0, 0.1) is 5.41 Å². The molecular weight excluding hydrogens is 328 g/mol. The van der Waals surface area contributed by atoms with Gasteiger partial charge in [0.25, 0.3) is 0 Å². The van der Waals surface area contributed by atoms with E-state index < -0.39 is 0 Å². The summed E-state index contributed by atoms with van der Waals surface area (Å²) in [7, 11) is 2.15. The van der Waals surface area contributed by atoms with Crippen molar-refractivity contribution in [3.8, 4) is 0 Å². The first-order chi connectivity index (χ1) is 8.31. The molecule has 0 bridgehead atoms. The van der Waals surface area contributed by atoms with E-state index in [0.29, 0.717) is 4.99 Å². The minimum atomic E-state index is -0.0262. The molecule has 0 saturated carbocycles. The summed E-state index contributed by atoms with van der Waals surface area (Å²) in [6.45, 7) is 6.30. The summed E-state index contributed by atoms with van der Waals surface area (Å²) < 4.78 is 1.19. The number of thiocarbonyl (C=S) groups is 1. The Morgan fingerprint density at radius 1 is 1.56 bits per heavy atom. The highest BCUT2D eigenvalue weighted by Gasteiger charge is 2.20. The molecule has 0 saturated heterocycles. The number of rotatable bonds is 7. The highest BCUT2D eigenvalue weighted by atomic mass is 79.9. The summed E-state index contributed by atoms with van der Waals surface area (Å²) in [5, 5.41) is 2.19. The molecule has 2 nitrogen and oxygen atoms in total. The molecule has 0 unspecified atom stereocenters. The van der Waals surface area contributed by atoms with Gasteiger partial charge in [-0.25, -0.2) is 0 Å². The number of nitrogens with two attached hydrogens (primary N) is 1. The van der Waals surface area contributed by atoms with E-state index in [2.05, 4.69) is 53.2 Å². The first kappa shape index (κ1) is 16.1. The van der Waals surface area contributed by atoms with Crippen LogP contribution in [-0.4, -0.2) is 23.5 Å². The van der Waals surface area contributed by atoms with Gasteiger partial charge >= 0.3 is 0 Å². The van der Waals surface area contributed by atoms with Gasteiger partial charge in [-0.3, -0.25) is 0 Å². The van der Waals surface area contributed by atoms with E-state index in [0.717, 1.165) is 25.9 Å². The van der Waals surface area contributed by atoms with Gasteiger partial charge in [-0.15, -0.1) is 11.3 Å². The summed E-state index contributed by atoms with van der Waals surface area (Å²) in [6, 6.07) is 2.18. The van der Waals surface area contributed by atoms with E-state index in [4.69, 9.17) is 18.0 Å². The van der Waals surface area contributed by atoms with Gasteiger partial charge < -0.3 is 10.6 Å². The second-order valence-corrected chi connectivity index (χ2v) is 8.08. The van der Waals surface area contributed by atoms with Crippen LogP contribution >= 0.6 is 39.5 Å². The summed E-state index contributed by atoms with van der Waals surface area (Å²) in [6.07, 6.45) is 2.16. The fourth-order valence-corrected chi connectivity index (χ4v) is 3.04. The van der Waals surface area contributed by atoms with Crippen LogP contribution in [-0.2, 0) is 6.54 Å². The van der Waals surface area contributed by atoms with E-state index in [-0.39, 0.29) is 5.41 Å². The van der Waals surface area contributed by atoms with Gasteiger partial charge in [-0.2, -0.15) is 0 Å². The predicted octanol–water partition coefficient (Wildman–Crippen LogP) is 4.03. The van der Waals surface area contributed by atoms with Gasteiger partial charge in [0.05, 0.1) is 8.77 Å². The molecule has 18 heavy (non-hydrogen) atoms.